The van der Waals surface area contributed by atoms with Gasteiger partial charge in [0.1, 0.15) is 22.2 Å². The number of urea groups is 1. The number of methoxy groups -OCH3 is 1. The molecule has 0 saturated heterocycles. The normalized spacial score (nSPS) is 11.2. The van der Waals surface area contributed by atoms with Gasteiger partial charge >= 0.3 is 11.7 Å². The van der Waals surface area contributed by atoms with E-state index in [1.54, 1.807) is 48.5 Å². The molecule has 2 amide bonds. The first-order valence-corrected chi connectivity index (χ1v) is 16.3. The smallest absolute Gasteiger partial charge is 0.343 e. The summed E-state index contributed by atoms with van der Waals surface area (Å²) in [7, 11) is 4.75. The van der Waals surface area contributed by atoms with Crippen molar-refractivity contribution in [1.82, 2.24) is 19.5 Å². The molecule has 0 unspecified atom stereocenters. The van der Waals surface area contributed by atoms with Crippen LogP contribution in [0.1, 0.15) is 16.7 Å². The zero-order valence-electron chi connectivity index (χ0n) is 27.4. The summed E-state index contributed by atoms with van der Waals surface area (Å²) in [6.07, 6.45) is 0. The maximum absolute atomic E-state index is 15.1. The molecule has 6 aromatic rings. The number of hydrogen-bond donors (Lipinski definition) is 2. The van der Waals surface area contributed by atoms with Gasteiger partial charge in [-0.05, 0) is 72.3 Å². The van der Waals surface area contributed by atoms with Crippen molar-refractivity contribution in [3.63, 3.8) is 0 Å². The van der Waals surface area contributed by atoms with E-state index in [0.717, 1.165) is 22.3 Å². The Morgan fingerprint density at radius 2 is 1.52 bits per heavy atom. The number of carbonyl (C=O) groups excluding carboxylic acids is 1. The number of thiophene rings is 1. The number of ether oxygens (including phenoxy) is 1. The van der Waals surface area contributed by atoms with Gasteiger partial charge in [-0.3, -0.25) is 19.1 Å². The molecule has 2 aromatic heterocycles. The van der Waals surface area contributed by atoms with E-state index in [1.807, 2.05) is 37.4 Å². The number of nitrogens with zero attached hydrogens (tertiary/aromatic N) is 3. The zero-order valence-corrected chi connectivity index (χ0v) is 28.2. The quantitative estimate of drug-likeness (QED) is 0.149. The molecule has 0 aliphatic heterocycles. The molecule has 0 radical (unpaired) electrons. The molecule has 50 heavy (non-hydrogen) atoms. The van der Waals surface area contributed by atoms with E-state index in [2.05, 4.69) is 20.5 Å². The van der Waals surface area contributed by atoms with Gasteiger partial charge in [-0.1, -0.05) is 48.5 Å². The van der Waals surface area contributed by atoms with Crippen LogP contribution in [0.25, 0.3) is 26.3 Å². The van der Waals surface area contributed by atoms with E-state index in [1.165, 1.54) is 36.2 Å². The van der Waals surface area contributed by atoms with Crippen LogP contribution in [0.5, 0.6) is 5.75 Å². The third-order valence-corrected chi connectivity index (χ3v) is 9.41. The average molecular weight is 698 g/mol. The second-order valence-electron chi connectivity index (χ2n) is 11.5. The van der Waals surface area contributed by atoms with Crippen LogP contribution in [-0.2, 0) is 24.5 Å². The molecule has 10 nitrogen and oxygen atoms in total. The van der Waals surface area contributed by atoms with Gasteiger partial charge in [-0.15, -0.1) is 11.3 Å². The maximum Gasteiger partial charge on any atom is 0.343 e. The number of nitrogens with one attached hydrogen (secondary N) is 2. The molecule has 13 heteroatoms. The van der Waals surface area contributed by atoms with Crippen molar-refractivity contribution in [2.45, 2.75) is 19.6 Å². The van der Waals surface area contributed by atoms with Gasteiger partial charge in [0.05, 0.1) is 31.8 Å². The van der Waals surface area contributed by atoms with Crippen molar-refractivity contribution in [1.29, 1.82) is 0 Å². The van der Waals surface area contributed by atoms with Gasteiger partial charge in [-0.2, -0.15) is 0 Å². The minimum atomic E-state index is -0.813. The minimum absolute atomic E-state index is 0.249. The summed E-state index contributed by atoms with van der Waals surface area (Å²) in [5.74, 6) is -1.10. The molecular formula is C37H33F2N5O5S. The van der Waals surface area contributed by atoms with Crippen LogP contribution >= 0.6 is 11.3 Å². The highest BCUT2D eigenvalue weighted by molar-refractivity contribution is 7.22. The molecule has 6 rings (SSSR count). The average Bonchev–Trinajstić information content (AvgIpc) is 3.47. The second kappa shape index (κ2) is 14.9. The Morgan fingerprint density at radius 1 is 0.840 bits per heavy atom. The number of amides is 2. The second-order valence-corrected chi connectivity index (χ2v) is 12.5. The number of hydrogen-bond acceptors (Lipinski definition) is 7. The van der Waals surface area contributed by atoms with Gasteiger partial charge in [0.25, 0.3) is 5.56 Å². The molecule has 2 N–H and O–H groups in total. The number of aromatic nitrogens is 2. The molecule has 0 aliphatic rings. The highest BCUT2D eigenvalue weighted by Gasteiger charge is 2.26. The fraction of sp³-hybridized carbons (Fsp3) is 0.162. The van der Waals surface area contributed by atoms with E-state index in [4.69, 9.17) is 4.74 Å². The van der Waals surface area contributed by atoms with Crippen LogP contribution in [0, 0.1) is 11.6 Å². The topological polar surface area (TPSA) is 107 Å². The summed E-state index contributed by atoms with van der Waals surface area (Å²) in [4.78, 5) is 48.6. The Labute approximate surface area is 289 Å². The van der Waals surface area contributed by atoms with Gasteiger partial charge in [-0.25, -0.2) is 28.4 Å². The molecule has 0 spiro atoms. The summed E-state index contributed by atoms with van der Waals surface area (Å²) in [5.41, 5.74) is 3.72. The number of fused-ring (bicyclic) bond motifs is 1. The third kappa shape index (κ3) is 7.06. The zero-order chi connectivity index (χ0) is 35.4. The Balaban J connectivity index is 1.59. The molecule has 0 bridgehead atoms. The van der Waals surface area contributed by atoms with Crippen molar-refractivity contribution in [2.75, 3.05) is 26.6 Å². The highest BCUT2D eigenvalue weighted by Crippen LogP contribution is 2.39. The summed E-state index contributed by atoms with van der Waals surface area (Å²) < 4.78 is 37.7. The summed E-state index contributed by atoms with van der Waals surface area (Å²) in [6, 6.07) is 26.2. The first-order valence-electron chi connectivity index (χ1n) is 15.5. The van der Waals surface area contributed by atoms with Gasteiger partial charge in [0.2, 0.25) is 0 Å². The largest absolute Gasteiger partial charge is 0.497 e. The Morgan fingerprint density at radius 3 is 2.16 bits per heavy atom. The Hall–Kier alpha value is -5.63. The highest BCUT2D eigenvalue weighted by atomic mass is 32.1. The minimum Gasteiger partial charge on any atom is -0.497 e. The van der Waals surface area contributed by atoms with E-state index >= 15 is 8.78 Å². The number of carbonyl (C=O) groups is 1. The molecule has 4 aromatic carbocycles. The van der Waals surface area contributed by atoms with Gasteiger partial charge in [0.15, 0.2) is 0 Å². The predicted molar refractivity (Wildman–Crippen MR) is 190 cm³/mol. The fourth-order valence-corrected chi connectivity index (χ4v) is 7.07. The van der Waals surface area contributed by atoms with Gasteiger partial charge < -0.3 is 10.1 Å². The van der Waals surface area contributed by atoms with E-state index < -0.39 is 35.5 Å². The first kappa shape index (κ1) is 34.2. The van der Waals surface area contributed by atoms with Crippen LogP contribution < -0.4 is 26.8 Å². The lowest BCUT2D eigenvalue weighted by molar-refractivity contribution is 0.114. The van der Waals surface area contributed by atoms with Crippen molar-refractivity contribution < 1.29 is 23.1 Å². The Bertz CT molecular complexity index is 2250. The lowest BCUT2D eigenvalue weighted by Gasteiger charge is -2.18. The van der Waals surface area contributed by atoms with Crippen molar-refractivity contribution >= 4 is 33.3 Å². The van der Waals surface area contributed by atoms with E-state index in [0.29, 0.717) is 40.5 Å². The van der Waals surface area contributed by atoms with Gasteiger partial charge in [0, 0.05) is 29.2 Å². The van der Waals surface area contributed by atoms with Crippen LogP contribution in [-0.4, -0.2) is 41.3 Å². The number of hydroxylamine groups is 1. The van der Waals surface area contributed by atoms with E-state index in [-0.39, 0.29) is 21.5 Å². The van der Waals surface area contributed by atoms with E-state index in [9.17, 15) is 14.4 Å². The maximum atomic E-state index is 15.1. The first-order chi connectivity index (χ1) is 24.2. The lowest BCUT2D eigenvalue weighted by atomic mass is 10.1. The number of halogens is 2. The standard InChI is InChI=1S/C37H33F2N5O5S/c1-42(20-23-8-5-4-6-9-23)21-29-32-34(45)44(26-16-18-27(48-2)19-17-26)37(47)43(22-28-30(38)10-7-11-31(28)39)35(32)50-33(29)24-12-14-25(15-13-24)40-36(46)41-49-3/h4-19H,20-22H2,1-3H3,(H2,40,41,46). The van der Waals surface area contributed by atoms with Crippen molar-refractivity contribution in [2.24, 2.45) is 0 Å². The molecule has 0 aliphatic carbocycles. The summed E-state index contributed by atoms with van der Waals surface area (Å²) in [5, 5.41) is 2.91. The monoisotopic (exact) mass is 697 g/mol. The van der Waals surface area contributed by atoms with Crippen LogP contribution in [0.2, 0.25) is 0 Å². The number of rotatable bonds is 11. The fourth-order valence-electron chi connectivity index (χ4n) is 5.77. The molecule has 0 atom stereocenters. The van der Waals surface area contributed by atoms with Crippen molar-refractivity contribution in [3.8, 4) is 21.9 Å². The molecule has 0 fully saturated rings. The number of anilines is 1. The SMILES string of the molecule is CONC(=O)Nc1ccc(-c2sc3c(c2CN(C)Cc2ccccc2)c(=O)n(-c2ccc(OC)cc2)c(=O)n3Cc2c(F)cccc2F)cc1. The predicted octanol–water partition coefficient (Wildman–Crippen LogP) is 6.53. The molecule has 0 saturated carbocycles. The summed E-state index contributed by atoms with van der Waals surface area (Å²) in [6.45, 7) is 0.396. The van der Waals surface area contributed by atoms with Crippen molar-refractivity contribution in [3.05, 3.63) is 146 Å². The van der Waals surface area contributed by atoms with Crippen LogP contribution in [0.4, 0.5) is 19.3 Å². The molecule has 2 heterocycles. The Kier molecular flexibility index (Phi) is 10.2. The lowest BCUT2D eigenvalue weighted by Crippen LogP contribution is -2.39. The molecule has 256 valence electrons. The molecular weight excluding hydrogens is 665 g/mol. The number of benzene rings is 4. The third-order valence-electron chi connectivity index (χ3n) is 8.10. The van der Waals surface area contributed by atoms with Crippen LogP contribution in [0.15, 0.2) is 107 Å². The summed E-state index contributed by atoms with van der Waals surface area (Å²) >= 11 is 1.19. The van der Waals surface area contributed by atoms with Crippen LogP contribution in [0.3, 0.4) is 0 Å².